The fourth-order valence-electron chi connectivity index (χ4n) is 2.26. The van der Waals surface area contributed by atoms with Gasteiger partial charge < -0.3 is 20.6 Å². The molecule has 3 amide bonds. The number of hydrogen-bond acceptors (Lipinski definition) is 3. The van der Waals surface area contributed by atoms with E-state index in [9.17, 15) is 14.4 Å². The number of nitrogens with one attached hydrogen (secondary N) is 2. The summed E-state index contributed by atoms with van der Waals surface area (Å²) in [6, 6.07) is -0.892. The fourth-order valence-corrected chi connectivity index (χ4v) is 2.26. The van der Waals surface area contributed by atoms with Gasteiger partial charge in [-0.1, -0.05) is 13.3 Å². The Morgan fingerprint density at radius 2 is 1.90 bits per heavy atom. The Labute approximate surface area is 118 Å². The van der Waals surface area contributed by atoms with Crippen LogP contribution in [0.1, 0.15) is 39.0 Å². The minimum atomic E-state index is -0.947. The number of carbonyl (C=O) groups is 3. The first kappa shape index (κ1) is 16.3. The Balaban J connectivity index is 2.29. The van der Waals surface area contributed by atoms with Crippen molar-refractivity contribution in [2.75, 3.05) is 19.6 Å². The van der Waals surface area contributed by atoms with E-state index in [2.05, 4.69) is 10.6 Å². The van der Waals surface area contributed by atoms with E-state index in [1.807, 2.05) is 6.92 Å². The fraction of sp³-hybridized carbons (Fsp3) is 0.769. The predicted octanol–water partition coefficient (Wildman–Crippen LogP) is 0.551. The van der Waals surface area contributed by atoms with E-state index in [0.717, 1.165) is 32.4 Å². The van der Waals surface area contributed by atoms with Gasteiger partial charge in [0.25, 0.3) is 0 Å². The van der Waals surface area contributed by atoms with Crippen molar-refractivity contribution < 1.29 is 19.5 Å². The number of hydrogen-bond donors (Lipinski definition) is 3. The Hall–Kier alpha value is -1.79. The molecule has 1 fully saturated rings. The van der Waals surface area contributed by atoms with Crippen molar-refractivity contribution in [2.45, 2.75) is 45.1 Å². The zero-order chi connectivity index (χ0) is 15.0. The van der Waals surface area contributed by atoms with Crippen molar-refractivity contribution in [1.82, 2.24) is 15.5 Å². The number of carboxylic acid groups (broad SMARTS) is 1. The van der Waals surface area contributed by atoms with E-state index in [-0.39, 0.29) is 18.9 Å². The molecule has 7 nitrogen and oxygen atoms in total. The summed E-state index contributed by atoms with van der Waals surface area (Å²) in [4.78, 5) is 35.8. The lowest BCUT2D eigenvalue weighted by Crippen LogP contribution is -2.46. The average Bonchev–Trinajstić information content (AvgIpc) is 2.89. The third kappa shape index (κ3) is 5.90. The number of nitrogens with zero attached hydrogens (tertiary/aromatic N) is 1. The highest BCUT2D eigenvalue weighted by Crippen LogP contribution is 2.06. The second-order valence-corrected chi connectivity index (χ2v) is 5.00. The second kappa shape index (κ2) is 8.39. The summed E-state index contributed by atoms with van der Waals surface area (Å²) in [5, 5.41) is 13.8. The third-order valence-electron chi connectivity index (χ3n) is 3.25. The summed E-state index contributed by atoms with van der Waals surface area (Å²) in [5.41, 5.74) is 0. The van der Waals surface area contributed by atoms with Gasteiger partial charge in [0.05, 0.1) is 13.0 Å². The van der Waals surface area contributed by atoms with Crippen molar-refractivity contribution >= 4 is 17.9 Å². The zero-order valence-electron chi connectivity index (χ0n) is 11.9. The van der Waals surface area contributed by atoms with Crippen LogP contribution < -0.4 is 10.6 Å². The summed E-state index contributed by atoms with van der Waals surface area (Å²) in [6.45, 7) is 3.38. The topological polar surface area (TPSA) is 98.7 Å². The molecule has 3 N–H and O–H groups in total. The van der Waals surface area contributed by atoms with Crippen molar-refractivity contribution in [1.29, 1.82) is 0 Å². The van der Waals surface area contributed by atoms with Crippen LogP contribution in [0.4, 0.5) is 4.79 Å². The monoisotopic (exact) mass is 285 g/mol. The Morgan fingerprint density at radius 1 is 1.25 bits per heavy atom. The molecule has 1 aliphatic heterocycles. The van der Waals surface area contributed by atoms with Gasteiger partial charge in [0, 0.05) is 19.1 Å². The second-order valence-electron chi connectivity index (χ2n) is 5.00. The van der Waals surface area contributed by atoms with Crippen molar-refractivity contribution in [3.63, 3.8) is 0 Å². The van der Waals surface area contributed by atoms with Crippen molar-refractivity contribution in [2.24, 2.45) is 0 Å². The van der Waals surface area contributed by atoms with Crippen LogP contribution in [-0.4, -0.2) is 53.6 Å². The number of likely N-dealkylation sites (tertiary alicyclic amines) is 1. The van der Waals surface area contributed by atoms with E-state index >= 15 is 0 Å². The minimum Gasteiger partial charge on any atom is -0.481 e. The highest BCUT2D eigenvalue weighted by molar-refractivity contribution is 5.84. The van der Waals surface area contributed by atoms with Crippen molar-refractivity contribution in [3.8, 4) is 0 Å². The Kier molecular flexibility index (Phi) is 6.83. The largest absolute Gasteiger partial charge is 0.481 e. The summed E-state index contributed by atoms with van der Waals surface area (Å²) in [7, 11) is 0. The van der Waals surface area contributed by atoms with Gasteiger partial charge in [-0.15, -0.1) is 0 Å². The van der Waals surface area contributed by atoms with Gasteiger partial charge in [0.15, 0.2) is 0 Å². The standard InChI is InChI=1S/C13H23N3O4/c1-2-5-10(8-12(18)19)15-13(20)14-9-11(17)16-6-3-4-7-16/h10H,2-9H2,1H3,(H,18,19)(H2,14,15,20). The molecule has 1 atom stereocenters. The number of urea groups is 1. The van der Waals surface area contributed by atoms with E-state index < -0.39 is 18.0 Å². The third-order valence-corrected chi connectivity index (χ3v) is 3.25. The lowest BCUT2D eigenvalue weighted by atomic mass is 10.1. The molecule has 1 heterocycles. The predicted molar refractivity (Wildman–Crippen MR) is 73.3 cm³/mol. The molecule has 0 bridgehead atoms. The zero-order valence-corrected chi connectivity index (χ0v) is 11.9. The van der Waals surface area contributed by atoms with Crippen LogP contribution in [0.3, 0.4) is 0 Å². The molecule has 1 aliphatic rings. The Bertz CT molecular complexity index is 354. The molecule has 0 spiro atoms. The molecule has 114 valence electrons. The Morgan fingerprint density at radius 3 is 2.45 bits per heavy atom. The number of carboxylic acids is 1. The molecule has 0 aromatic rings. The van der Waals surface area contributed by atoms with Crippen LogP contribution in [0.15, 0.2) is 0 Å². The van der Waals surface area contributed by atoms with Crippen LogP contribution in [0, 0.1) is 0 Å². The quantitative estimate of drug-likeness (QED) is 0.636. The average molecular weight is 285 g/mol. The summed E-state index contributed by atoms with van der Waals surface area (Å²) < 4.78 is 0. The molecule has 0 aromatic carbocycles. The molecule has 1 saturated heterocycles. The van der Waals surface area contributed by atoms with Gasteiger partial charge in [-0.25, -0.2) is 4.79 Å². The SMILES string of the molecule is CCCC(CC(=O)O)NC(=O)NCC(=O)N1CCCC1. The van der Waals surface area contributed by atoms with Gasteiger partial charge in [-0.05, 0) is 19.3 Å². The lowest BCUT2D eigenvalue weighted by molar-refractivity contribution is -0.137. The van der Waals surface area contributed by atoms with E-state index in [1.165, 1.54) is 0 Å². The van der Waals surface area contributed by atoms with Gasteiger partial charge in [-0.2, -0.15) is 0 Å². The summed E-state index contributed by atoms with van der Waals surface area (Å²) in [6.07, 6.45) is 3.29. The number of aliphatic carboxylic acids is 1. The van der Waals surface area contributed by atoms with Crippen LogP contribution in [0.25, 0.3) is 0 Å². The number of carbonyl (C=O) groups excluding carboxylic acids is 2. The molecule has 1 rings (SSSR count). The maximum absolute atomic E-state index is 11.7. The van der Waals surface area contributed by atoms with Crippen LogP contribution in [-0.2, 0) is 9.59 Å². The van der Waals surface area contributed by atoms with Crippen LogP contribution in [0.2, 0.25) is 0 Å². The number of rotatable bonds is 7. The van der Waals surface area contributed by atoms with E-state index in [1.54, 1.807) is 4.90 Å². The molecule has 0 saturated carbocycles. The highest BCUT2D eigenvalue weighted by Gasteiger charge is 2.19. The maximum Gasteiger partial charge on any atom is 0.315 e. The summed E-state index contributed by atoms with van der Waals surface area (Å²) >= 11 is 0. The minimum absolute atomic E-state index is 0.0439. The molecule has 20 heavy (non-hydrogen) atoms. The van der Waals surface area contributed by atoms with Gasteiger partial charge in [-0.3, -0.25) is 9.59 Å². The van der Waals surface area contributed by atoms with E-state index in [4.69, 9.17) is 5.11 Å². The van der Waals surface area contributed by atoms with Crippen LogP contribution >= 0.6 is 0 Å². The lowest BCUT2D eigenvalue weighted by Gasteiger charge is -2.18. The molecular weight excluding hydrogens is 262 g/mol. The molecule has 0 aliphatic carbocycles. The van der Waals surface area contributed by atoms with E-state index in [0.29, 0.717) is 6.42 Å². The first-order chi connectivity index (χ1) is 9.52. The normalized spacial score (nSPS) is 15.8. The molecule has 7 heteroatoms. The molecule has 0 radical (unpaired) electrons. The number of amides is 3. The van der Waals surface area contributed by atoms with Crippen LogP contribution in [0.5, 0.6) is 0 Å². The molecule has 1 unspecified atom stereocenters. The van der Waals surface area contributed by atoms with Gasteiger partial charge in [0.2, 0.25) is 5.91 Å². The summed E-state index contributed by atoms with van der Waals surface area (Å²) in [5.74, 6) is -1.04. The van der Waals surface area contributed by atoms with Gasteiger partial charge in [0.1, 0.15) is 0 Å². The smallest absolute Gasteiger partial charge is 0.315 e. The highest BCUT2D eigenvalue weighted by atomic mass is 16.4. The van der Waals surface area contributed by atoms with Crippen molar-refractivity contribution in [3.05, 3.63) is 0 Å². The van der Waals surface area contributed by atoms with Gasteiger partial charge >= 0.3 is 12.0 Å². The maximum atomic E-state index is 11.7. The first-order valence-corrected chi connectivity index (χ1v) is 7.06. The molecular formula is C13H23N3O4. The molecule has 0 aromatic heterocycles. The first-order valence-electron chi connectivity index (χ1n) is 7.06.